The van der Waals surface area contributed by atoms with Gasteiger partial charge in [0.25, 0.3) is 5.91 Å². The Morgan fingerprint density at radius 2 is 1.60 bits per heavy atom. The van der Waals surface area contributed by atoms with Gasteiger partial charge in [-0.15, -0.1) is 0 Å². The first-order valence-corrected chi connectivity index (χ1v) is 13.2. The van der Waals surface area contributed by atoms with Crippen molar-refractivity contribution in [1.29, 1.82) is 0 Å². The van der Waals surface area contributed by atoms with Crippen LogP contribution in [0.5, 0.6) is 5.75 Å². The molecule has 9 nitrogen and oxygen atoms in total. The molecule has 0 aliphatic rings. The third kappa shape index (κ3) is 9.73. The lowest BCUT2D eigenvalue weighted by atomic mass is 10.0. The minimum Gasteiger partial charge on any atom is -0.493 e. The van der Waals surface area contributed by atoms with Crippen LogP contribution in [0.25, 0.3) is 0 Å². The number of allylic oxidation sites excluding steroid dienone is 1. The number of aliphatic imine (C=N–C) groups is 1. The Labute approximate surface area is 248 Å². The molecule has 0 aliphatic carbocycles. The standard InChI is InChI=1S/C31H35F3N2O7/c1-8-24(40-7)28(42-20(5)37)26(35-6)29(38)36-25(18(2)3)30(39)41-19(4)27(21-12-10-9-11-13-21)43-23-16-14-22(15-17-23)31(32,33)34/h8-19,25,27H,6H2,1-5,7H3,(H,36,38)/b24-8+,28-26+/t19-,25-,27-/m0/s1. The predicted molar refractivity (Wildman–Crippen MR) is 153 cm³/mol. The number of methoxy groups -OCH3 is 1. The van der Waals surface area contributed by atoms with Gasteiger partial charge in [-0.3, -0.25) is 14.6 Å². The van der Waals surface area contributed by atoms with Crippen LogP contribution in [0.2, 0.25) is 0 Å². The number of hydrogen-bond acceptors (Lipinski definition) is 8. The minimum absolute atomic E-state index is 0.0381. The van der Waals surface area contributed by atoms with Gasteiger partial charge in [0.1, 0.15) is 17.9 Å². The summed E-state index contributed by atoms with van der Waals surface area (Å²) in [4.78, 5) is 42.0. The molecule has 0 aliphatic heterocycles. The van der Waals surface area contributed by atoms with Crippen molar-refractivity contribution in [2.24, 2.45) is 10.9 Å². The first-order chi connectivity index (χ1) is 20.2. The Morgan fingerprint density at radius 1 is 1.00 bits per heavy atom. The summed E-state index contributed by atoms with van der Waals surface area (Å²) in [6, 6.07) is 11.6. The van der Waals surface area contributed by atoms with Gasteiger partial charge in [-0.05, 0) is 62.4 Å². The fourth-order valence-electron chi connectivity index (χ4n) is 3.92. The van der Waals surface area contributed by atoms with E-state index in [1.807, 2.05) is 0 Å². The monoisotopic (exact) mass is 604 g/mol. The number of esters is 2. The van der Waals surface area contributed by atoms with Gasteiger partial charge in [-0.2, -0.15) is 13.2 Å². The third-order valence-corrected chi connectivity index (χ3v) is 6.05. The number of halogens is 3. The molecule has 12 heteroatoms. The van der Waals surface area contributed by atoms with Crippen LogP contribution in [0.1, 0.15) is 51.8 Å². The van der Waals surface area contributed by atoms with Crippen molar-refractivity contribution in [3.8, 4) is 5.75 Å². The lowest BCUT2D eigenvalue weighted by molar-refractivity contribution is -0.158. The summed E-state index contributed by atoms with van der Waals surface area (Å²) in [5.74, 6) is -3.04. The van der Waals surface area contributed by atoms with Crippen LogP contribution < -0.4 is 10.1 Å². The normalized spacial score (nSPS) is 14.5. The first-order valence-electron chi connectivity index (χ1n) is 13.2. The molecule has 2 aromatic rings. The lowest BCUT2D eigenvalue weighted by Gasteiger charge is -2.28. The largest absolute Gasteiger partial charge is 0.493 e. The van der Waals surface area contributed by atoms with Crippen molar-refractivity contribution >= 4 is 24.6 Å². The lowest BCUT2D eigenvalue weighted by Crippen LogP contribution is -2.47. The smallest absolute Gasteiger partial charge is 0.416 e. The number of rotatable bonds is 13. The fraction of sp³-hybridized carbons (Fsp3) is 0.355. The highest BCUT2D eigenvalue weighted by Crippen LogP contribution is 2.32. The van der Waals surface area contributed by atoms with E-state index in [0.29, 0.717) is 5.56 Å². The molecule has 2 aromatic carbocycles. The minimum atomic E-state index is -4.51. The SMILES string of the molecule is C=N/C(C(=O)N[C@H](C(=O)O[C@@H](C)[C@H](Oc1ccc(C(F)(F)F)cc1)c1ccccc1)C(C)C)=C(OC(C)=O)\C(=C/C)OC. The van der Waals surface area contributed by atoms with Crippen LogP contribution in [0.3, 0.4) is 0 Å². The van der Waals surface area contributed by atoms with E-state index in [9.17, 15) is 27.6 Å². The average molecular weight is 605 g/mol. The Hall–Kier alpha value is -4.61. The molecule has 0 unspecified atom stereocenters. The summed E-state index contributed by atoms with van der Waals surface area (Å²) in [6.07, 6.45) is -4.93. The number of nitrogens with one attached hydrogen (secondary N) is 1. The molecular formula is C31H35F3N2O7. The molecule has 0 heterocycles. The number of ether oxygens (including phenoxy) is 4. The van der Waals surface area contributed by atoms with Crippen molar-refractivity contribution in [2.45, 2.75) is 59.0 Å². The summed E-state index contributed by atoms with van der Waals surface area (Å²) in [6.45, 7) is 11.0. The highest BCUT2D eigenvalue weighted by atomic mass is 19.4. The number of carbonyl (C=O) groups is 3. The van der Waals surface area contributed by atoms with Gasteiger partial charge in [0, 0.05) is 6.92 Å². The number of alkyl halides is 3. The van der Waals surface area contributed by atoms with E-state index < -0.39 is 59.5 Å². The molecule has 0 saturated carbocycles. The Balaban J connectivity index is 2.35. The van der Waals surface area contributed by atoms with Crippen molar-refractivity contribution in [3.63, 3.8) is 0 Å². The van der Waals surface area contributed by atoms with Gasteiger partial charge in [0.05, 0.1) is 12.7 Å². The van der Waals surface area contributed by atoms with E-state index in [-0.39, 0.29) is 17.3 Å². The highest BCUT2D eigenvalue weighted by Gasteiger charge is 2.34. The zero-order valence-electron chi connectivity index (χ0n) is 24.7. The maximum atomic E-state index is 13.4. The van der Waals surface area contributed by atoms with Crippen LogP contribution in [-0.2, 0) is 34.8 Å². The molecule has 43 heavy (non-hydrogen) atoms. The maximum absolute atomic E-state index is 13.4. The summed E-state index contributed by atoms with van der Waals surface area (Å²) >= 11 is 0. The van der Waals surface area contributed by atoms with Gasteiger partial charge in [-0.25, -0.2) is 4.79 Å². The predicted octanol–water partition coefficient (Wildman–Crippen LogP) is 5.92. The first kappa shape index (κ1) is 34.6. The van der Waals surface area contributed by atoms with E-state index in [0.717, 1.165) is 19.1 Å². The second-order valence-corrected chi connectivity index (χ2v) is 9.59. The van der Waals surface area contributed by atoms with Gasteiger partial charge in [0.15, 0.2) is 17.6 Å². The summed E-state index contributed by atoms with van der Waals surface area (Å²) in [7, 11) is 1.31. The van der Waals surface area contributed by atoms with Gasteiger partial charge < -0.3 is 24.3 Å². The third-order valence-electron chi connectivity index (χ3n) is 6.05. The molecule has 232 valence electrons. The van der Waals surface area contributed by atoms with E-state index in [4.69, 9.17) is 18.9 Å². The fourth-order valence-corrected chi connectivity index (χ4v) is 3.92. The molecular weight excluding hydrogens is 569 g/mol. The zero-order chi connectivity index (χ0) is 32.3. The molecule has 0 spiro atoms. The molecule has 0 aromatic heterocycles. The molecule has 0 fully saturated rings. The zero-order valence-corrected chi connectivity index (χ0v) is 24.7. The molecule has 1 N–H and O–H groups in total. The quantitative estimate of drug-likeness (QED) is 0.0993. The molecule has 0 bridgehead atoms. The van der Waals surface area contributed by atoms with Crippen molar-refractivity contribution in [2.75, 3.05) is 7.11 Å². The summed E-state index contributed by atoms with van der Waals surface area (Å²) in [5, 5.41) is 2.55. The summed E-state index contributed by atoms with van der Waals surface area (Å²) in [5.41, 5.74) is -0.639. The van der Waals surface area contributed by atoms with Crippen molar-refractivity contribution < 1.29 is 46.5 Å². The Bertz CT molecular complexity index is 1340. The molecule has 1 amide bonds. The number of nitrogens with zero attached hydrogens (tertiary/aromatic N) is 1. The van der Waals surface area contributed by atoms with E-state index >= 15 is 0 Å². The van der Waals surface area contributed by atoms with Crippen LogP contribution in [0.4, 0.5) is 13.2 Å². The molecule has 2 rings (SSSR count). The van der Waals surface area contributed by atoms with E-state index in [2.05, 4.69) is 17.0 Å². The Kier molecular flexibility index (Phi) is 12.5. The molecule has 0 radical (unpaired) electrons. The number of hydrogen-bond donors (Lipinski definition) is 1. The average Bonchev–Trinajstić information content (AvgIpc) is 2.95. The van der Waals surface area contributed by atoms with Crippen molar-refractivity contribution in [1.82, 2.24) is 5.32 Å². The van der Waals surface area contributed by atoms with Crippen LogP contribution in [0, 0.1) is 5.92 Å². The summed E-state index contributed by atoms with van der Waals surface area (Å²) < 4.78 is 61.1. The van der Waals surface area contributed by atoms with Gasteiger partial charge in [-0.1, -0.05) is 44.2 Å². The Morgan fingerprint density at radius 3 is 2.07 bits per heavy atom. The van der Waals surface area contributed by atoms with Gasteiger partial charge >= 0.3 is 18.1 Å². The maximum Gasteiger partial charge on any atom is 0.416 e. The topological polar surface area (TPSA) is 113 Å². The molecule has 0 saturated heterocycles. The second-order valence-electron chi connectivity index (χ2n) is 9.59. The van der Waals surface area contributed by atoms with E-state index in [1.165, 1.54) is 25.3 Å². The number of benzene rings is 2. The van der Waals surface area contributed by atoms with Crippen LogP contribution in [-0.4, -0.2) is 43.8 Å². The van der Waals surface area contributed by atoms with Crippen LogP contribution in [0.15, 0.2) is 82.9 Å². The highest BCUT2D eigenvalue weighted by molar-refractivity contribution is 5.97. The van der Waals surface area contributed by atoms with Gasteiger partial charge in [0.2, 0.25) is 5.76 Å². The van der Waals surface area contributed by atoms with Crippen LogP contribution >= 0.6 is 0 Å². The molecule has 3 atom stereocenters. The van der Waals surface area contributed by atoms with E-state index in [1.54, 1.807) is 58.0 Å². The second kappa shape index (κ2) is 15.6. The number of carbonyl (C=O) groups excluding carboxylic acids is 3. The number of amides is 1. The van der Waals surface area contributed by atoms with Crippen molar-refractivity contribution in [3.05, 3.63) is 89.0 Å².